The maximum Gasteiger partial charge on any atom is 0.191 e. The van der Waals surface area contributed by atoms with Crippen molar-refractivity contribution in [2.75, 3.05) is 13.1 Å². The molecule has 2 aromatic rings. The fourth-order valence-electron chi connectivity index (χ4n) is 2.13. The number of hydrogen-bond acceptors (Lipinski definition) is 3. The number of nitrogens with one attached hydrogen (secondary N) is 2. The number of benzene rings is 1. The van der Waals surface area contributed by atoms with E-state index in [0.29, 0.717) is 6.54 Å². The first-order valence-corrected chi connectivity index (χ1v) is 7.86. The van der Waals surface area contributed by atoms with Crippen LogP contribution in [0.15, 0.2) is 35.6 Å². The van der Waals surface area contributed by atoms with Crippen molar-refractivity contribution in [1.29, 1.82) is 0 Å². The van der Waals surface area contributed by atoms with E-state index in [2.05, 4.69) is 25.8 Å². The summed E-state index contributed by atoms with van der Waals surface area (Å²) in [6.45, 7) is 6.86. The molecule has 0 aliphatic heterocycles. The first-order valence-electron chi connectivity index (χ1n) is 7.86. The average molecular weight is 318 g/mol. The minimum Gasteiger partial charge on any atom is -0.357 e. The maximum absolute atomic E-state index is 12.9. The summed E-state index contributed by atoms with van der Waals surface area (Å²) in [5.74, 6) is 1.36. The average Bonchev–Trinajstić information content (AvgIpc) is 3.02. The van der Waals surface area contributed by atoms with E-state index in [1.807, 2.05) is 18.4 Å². The van der Waals surface area contributed by atoms with Crippen LogP contribution in [0.4, 0.5) is 4.39 Å². The molecular formula is C16H23FN6. The molecule has 124 valence electrons. The Hall–Kier alpha value is -2.44. The summed E-state index contributed by atoms with van der Waals surface area (Å²) >= 11 is 0. The summed E-state index contributed by atoms with van der Waals surface area (Å²) < 4.78 is 14.8. The van der Waals surface area contributed by atoms with E-state index in [4.69, 9.17) is 0 Å². The molecule has 2 rings (SSSR count). The maximum atomic E-state index is 12.9. The van der Waals surface area contributed by atoms with E-state index in [1.54, 1.807) is 18.5 Å². The van der Waals surface area contributed by atoms with E-state index in [1.165, 1.54) is 12.1 Å². The van der Waals surface area contributed by atoms with Gasteiger partial charge in [-0.3, -0.25) is 0 Å². The molecule has 0 amide bonds. The van der Waals surface area contributed by atoms with Gasteiger partial charge in [0.15, 0.2) is 11.8 Å². The lowest BCUT2D eigenvalue weighted by Gasteiger charge is -2.11. The molecule has 23 heavy (non-hydrogen) atoms. The summed E-state index contributed by atoms with van der Waals surface area (Å²) in [7, 11) is 0. The normalized spacial score (nSPS) is 11.5. The lowest BCUT2D eigenvalue weighted by atomic mass is 10.1. The molecule has 0 spiro atoms. The largest absolute Gasteiger partial charge is 0.357 e. The number of rotatable bonds is 7. The summed E-state index contributed by atoms with van der Waals surface area (Å²) in [4.78, 5) is 4.52. The van der Waals surface area contributed by atoms with Crippen LogP contribution in [0.1, 0.15) is 25.2 Å². The van der Waals surface area contributed by atoms with Gasteiger partial charge < -0.3 is 15.2 Å². The fraction of sp³-hybridized carbons (Fsp3) is 0.438. The van der Waals surface area contributed by atoms with Crippen LogP contribution in [-0.4, -0.2) is 33.8 Å². The van der Waals surface area contributed by atoms with Gasteiger partial charge in [0.1, 0.15) is 18.7 Å². The highest BCUT2D eigenvalue weighted by Gasteiger charge is 2.03. The summed E-state index contributed by atoms with van der Waals surface area (Å²) in [6, 6.07) is 6.55. The lowest BCUT2D eigenvalue weighted by molar-refractivity contribution is 0.626. The van der Waals surface area contributed by atoms with Gasteiger partial charge in [0.2, 0.25) is 0 Å². The van der Waals surface area contributed by atoms with Crippen molar-refractivity contribution in [2.24, 2.45) is 4.99 Å². The lowest BCUT2D eigenvalue weighted by Crippen LogP contribution is -2.38. The molecule has 7 heteroatoms. The monoisotopic (exact) mass is 318 g/mol. The fourth-order valence-corrected chi connectivity index (χ4v) is 2.13. The molecule has 1 aromatic carbocycles. The number of halogens is 1. The molecule has 0 atom stereocenters. The van der Waals surface area contributed by atoms with Crippen LogP contribution in [0.5, 0.6) is 0 Å². The first kappa shape index (κ1) is 16.9. The third-order valence-corrected chi connectivity index (χ3v) is 3.38. The van der Waals surface area contributed by atoms with Gasteiger partial charge in [0, 0.05) is 19.6 Å². The van der Waals surface area contributed by atoms with Crippen LogP contribution in [0.25, 0.3) is 0 Å². The quantitative estimate of drug-likeness (QED) is 0.603. The van der Waals surface area contributed by atoms with Gasteiger partial charge in [-0.1, -0.05) is 12.1 Å². The molecule has 1 aromatic heterocycles. The minimum absolute atomic E-state index is 0.211. The molecule has 2 N–H and O–H groups in total. The van der Waals surface area contributed by atoms with Gasteiger partial charge >= 0.3 is 0 Å². The standard InChI is InChI=1S/C16H23FN6/c1-3-18-16(20-11-15-22-21-12-23(15)4-2)19-10-9-13-5-7-14(17)8-6-13/h5-8,12H,3-4,9-11H2,1-2H3,(H2,18,19,20). The molecule has 0 bridgehead atoms. The highest BCUT2D eigenvalue weighted by atomic mass is 19.1. The molecule has 1 heterocycles. The third-order valence-electron chi connectivity index (χ3n) is 3.38. The predicted octanol–water partition coefficient (Wildman–Crippen LogP) is 1.73. The van der Waals surface area contributed by atoms with Crippen molar-refractivity contribution < 1.29 is 4.39 Å². The van der Waals surface area contributed by atoms with E-state index in [0.717, 1.165) is 43.4 Å². The van der Waals surface area contributed by atoms with Crippen LogP contribution in [0, 0.1) is 5.82 Å². The third kappa shape index (κ3) is 5.36. The number of hydrogen-bond donors (Lipinski definition) is 2. The van der Waals surface area contributed by atoms with Crippen LogP contribution in [0.3, 0.4) is 0 Å². The molecule has 0 aliphatic carbocycles. The molecular weight excluding hydrogens is 295 g/mol. The van der Waals surface area contributed by atoms with Crippen LogP contribution >= 0.6 is 0 Å². The highest BCUT2D eigenvalue weighted by molar-refractivity contribution is 5.79. The van der Waals surface area contributed by atoms with Gasteiger partial charge in [-0.05, 0) is 38.0 Å². The molecule has 0 saturated carbocycles. The van der Waals surface area contributed by atoms with Crippen LogP contribution in [0.2, 0.25) is 0 Å². The zero-order chi connectivity index (χ0) is 16.5. The zero-order valence-electron chi connectivity index (χ0n) is 13.6. The van der Waals surface area contributed by atoms with Crippen molar-refractivity contribution in [3.8, 4) is 0 Å². The Morgan fingerprint density at radius 1 is 1.22 bits per heavy atom. The Balaban J connectivity index is 1.87. The van der Waals surface area contributed by atoms with Gasteiger partial charge in [-0.2, -0.15) is 0 Å². The van der Waals surface area contributed by atoms with Crippen LogP contribution in [-0.2, 0) is 19.5 Å². The first-order chi connectivity index (χ1) is 11.2. The van der Waals surface area contributed by atoms with Gasteiger partial charge in [-0.15, -0.1) is 10.2 Å². The van der Waals surface area contributed by atoms with Crippen LogP contribution < -0.4 is 10.6 Å². The van der Waals surface area contributed by atoms with Gasteiger partial charge in [0.05, 0.1) is 0 Å². The van der Waals surface area contributed by atoms with E-state index < -0.39 is 0 Å². The van der Waals surface area contributed by atoms with E-state index >= 15 is 0 Å². The summed E-state index contributed by atoms with van der Waals surface area (Å²) in [5, 5.41) is 14.4. The molecule has 0 radical (unpaired) electrons. The Morgan fingerprint density at radius 3 is 2.70 bits per heavy atom. The number of aryl methyl sites for hydroxylation is 1. The van der Waals surface area contributed by atoms with Gasteiger partial charge in [0.25, 0.3) is 0 Å². The van der Waals surface area contributed by atoms with E-state index in [-0.39, 0.29) is 5.82 Å². The van der Waals surface area contributed by atoms with Crippen molar-refractivity contribution >= 4 is 5.96 Å². The summed E-state index contributed by atoms with van der Waals surface area (Å²) in [6.07, 6.45) is 2.51. The van der Waals surface area contributed by atoms with Gasteiger partial charge in [-0.25, -0.2) is 9.38 Å². The number of guanidine groups is 1. The van der Waals surface area contributed by atoms with Crippen molar-refractivity contribution in [1.82, 2.24) is 25.4 Å². The second-order valence-electron chi connectivity index (χ2n) is 5.03. The second kappa shape index (κ2) is 8.87. The topological polar surface area (TPSA) is 67.1 Å². The number of aromatic nitrogens is 3. The molecule has 0 fully saturated rings. The minimum atomic E-state index is -0.211. The Morgan fingerprint density at radius 2 is 2.00 bits per heavy atom. The van der Waals surface area contributed by atoms with Crippen molar-refractivity contribution in [3.63, 3.8) is 0 Å². The van der Waals surface area contributed by atoms with E-state index in [9.17, 15) is 4.39 Å². The molecule has 0 saturated heterocycles. The Kier molecular flexibility index (Phi) is 6.53. The zero-order valence-corrected chi connectivity index (χ0v) is 13.6. The molecule has 0 aliphatic rings. The SMILES string of the molecule is CCNC(=NCc1nncn1CC)NCCc1ccc(F)cc1. The molecule has 6 nitrogen and oxygen atoms in total. The molecule has 0 unspecified atom stereocenters. The summed E-state index contributed by atoms with van der Waals surface area (Å²) in [5.41, 5.74) is 1.08. The van der Waals surface area contributed by atoms with Crippen molar-refractivity contribution in [3.05, 3.63) is 47.8 Å². The highest BCUT2D eigenvalue weighted by Crippen LogP contribution is 2.02. The van der Waals surface area contributed by atoms with Crippen molar-refractivity contribution in [2.45, 2.75) is 33.4 Å². The number of aliphatic imine (C=N–C) groups is 1. The smallest absolute Gasteiger partial charge is 0.191 e. The number of nitrogens with zero attached hydrogens (tertiary/aromatic N) is 4. The Bertz CT molecular complexity index is 620. The second-order valence-corrected chi connectivity index (χ2v) is 5.03. The Labute approximate surface area is 135 Å². The predicted molar refractivity (Wildman–Crippen MR) is 88.6 cm³/mol.